The highest BCUT2D eigenvalue weighted by atomic mass is 32.2. The lowest BCUT2D eigenvalue weighted by atomic mass is 9.87. The van der Waals surface area contributed by atoms with Gasteiger partial charge in [-0.15, -0.1) is 10.2 Å². The molecular weight excluding hydrogens is 530 g/mol. The normalized spacial score (nSPS) is 23.3. The van der Waals surface area contributed by atoms with Gasteiger partial charge in [0.2, 0.25) is 5.82 Å². The minimum absolute atomic E-state index is 0.0174. The zero-order valence-electron chi connectivity index (χ0n) is 22.2. The minimum Gasteiger partial charge on any atom is -0.382 e. The molecule has 2 bridgehead atoms. The zero-order chi connectivity index (χ0) is 27.6. The van der Waals surface area contributed by atoms with E-state index in [0.717, 1.165) is 35.9 Å². The number of anilines is 1. The zero-order valence-corrected chi connectivity index (χ0v) is 23.0. The number of nitrogens with zero attached hydrogens (tertiary/aromatic N) is 7. The first-order valence-corrected chi connectivity index (χ1v) is 15.7. The van der Waals surface area contributed by atoms with Gasteiger partial charge >= 0.3 is 0 Å². The number of hydrogen-bond donors (Lipinski definition) is 2. The molecule has 2 aliphatic heterocycles. The summed E-state index contributed by atoms with van der Waals surface area (Å²) in [7, 11) is -3.72. The van der Waals surface area contributed by atoms with Gasteiger partial charge in [0, 0.05) is 53.2 Å². The summed E-state index contributed by atoms with van der Waals surface area (Å²) in [5.74, 6) is 0.414. The van der Waals surface area contributed by atoms with Crippen molar-refractivity contribution < 1.29 is 13.2 Å². The van der Waals surface area contributed by atoms with Crippen molar-refractivity contribution in [2.75, 3.05) is 12.0 Å². The second kappa shape index (κ2) is 9.36. The van der Waals surface area contributed by atoms with Gasteiger partial charge in [-0.1, -0.05) is 18.9 Å². The Hall–Kier alpha value is -3.87. The van der Waals surface area contributed by atoms with Gasteiger partial charge in [-0.05, 0) is 44.6 Å². The van der Waals surface area contributed by atoms with E-state index in [1.54, 1.807) is 6.20 Å². The van der Waals surface area contributed by atoms with Gasteiger partial charge in [0.25, 0.3) is 5.91 Å². The molecule has 3 N–H and O–H groups in total. The second-order valence-corrected chi connectivity index (χ2v) is 13.3. The van der Waals surface area contributed by atoms with Gasteiger partial charge < -0.3 is 15.6 Å². The third-order valence-electron chi connectivity index (χ3n) is 8.88. The first-order chi connectivity index (χ1) is 19.3. The maximum atomic E-state index is 13.1. The summed E-state index contributed by atoms with van der Waals surface area (Å²) in [5.41, 5.74) is 10.2. The van der Waals surface area contributed by atoms with Crippen molar-refractivity contribution in [3.8, 4) is 11.1 Å². The number of nitrogens with one attached hydrogen (secondary N) is 1. The maximum Gasteiger partial charge on any atom is 0.292 e. The molecule has 40 heavy (non-hydrogen) atoms. The maximum absolute atomic E-state index is 13.1. The molecule has 0 spiro atoms. The van der Waals surface area contributed by atoms with Gasteiger partial charge in [0.15, 0.2) is 15.5 Å². The monoisotopic (exact) mass is 561 g/mol. The van der Waals surface area contributed by atoms with E-state index < -0.39 is 9.84 Å². The van der Waals surface area contributed by atoms with Gasteiger partial charge in [0.05, 0.1) is 11.9 Å². The van der Waals surface area contributed by atoms with E-state index in [4.69, 9.17) is 15.7 Å². The van der Waals surface area contributed by atoms with Crippen LogP contribution in [0.3, 0.4) is 0 Å². The van der Waals surface area contributed by atoms with Crippen LogP contribution in [0.2, 0.25) is 0 Å². The van der Waals surface area contributed by atoms with E-state index in [2.05, 4.69) is 26.3 Å². The molecule has 0 unspecified atom stereocenters. The smallest absolute Gasteiger partial charge is 0.292 e. The molecule has 6 heterocycles. The number of amides is 1. The Morgan fingerprint density at radius 1 is 1.05 bits per heavy atom. The average Bonchev–Trinajstić information content (AvgIpc) is 3.74. The number of nitrogen functional groups attached to an aromatic ring is 1. The highest BCUT2D eigenvalue weighted by Gasteiger charge is 2.46. The lowest BCUT2D eigenvalue weighted by Gasteiger charge is -2.38. The summed E-state index contributed by atoms with van der Waals surface area (Å²) in [6.45, 7) is 0. The molecule has 1 saturated carbocycles. The van der Waals surface area contributed by atoms with Crippen molar-refractivity contribution in [1.29, 1.82) is 0 Å². The summed E-state index contributed by atoms with van der Waals surface area (Å²) in [6, 6.07) is 4.01. The van der Waals surface area contributed by atoms with Crippen molar-refractivity contribution in [1.82, 2.24) is 39.7 Å². The van der Waals surface area contributed by atoms with Gasteiger partial charge in [-0.3, -0.25) is 9.78 Å². The standard InChI is InChI=1S/C27H31N9O3S/c1-40(38,39)23-22(17-10-18-7-8-19(11-17)35(18)27(37)25-30-14-31-34-25)33-26-20(13-32-36(26)24(23)28)16-6-9-21(29-12-16)15-4-2-3-5-15/h6,9,12-15,17-19H,2-5,7-8,10-11,28H2,1H3,(H,30,31,34)/t17-,18-,19+. The lowest BCUT2D eigenvalue weighted by Crippen LogP contribution is -2.46. The Labute approximate surface area is 231 Å². The van der Waals surface area contributed by atoms with Gasteiger partial charge in [-0.25, -0.2) is 13.4 Å². The number of sulfone groups is 1. The van der Waals surface area contributed by atoms with E-state index in [0.29, 0.717) is 30.1 Å². The summed E-state index contributed by atoms with van der Waals surface area (Å²) in [6.07, 6.45) is 13.7. The Morgan fingerprint density at radius 3 is 2.42 bits per heavy atom. The predicted molar refractivity (Wildman–Crippen MR) is 146 cm³/mol. The van der Waals surface area contributed by atoms with Gasteiger partial charge in [-0.2, -0.15) is 9.61 Å². The summed E-state index contributed by atoms with van der Waals surface area (Å²) in [4.78, 5) is 27.5. The Kier molecular flexibility index (Phi) is 5.88. The second-order valence-electron chi connectivity index (χ2n) is 11.3. The van der Waals surface area contributed by atoms with Crippen LogP contribution in [0.15, 0.2) is 35.7 Å². The SMILES string of the molecule is CS(=O)(=O)c1c([C@@H]2C[C@H]3CC[C@@H](C2)N3C(=O)c2nnc[nH]2)nc2c(-c3ccc(C4CCCC4)nc3)cnn2c1N. The fraction of sp³-hybridized carbons (Fsp3) is 0.481. The van der Waals surface area contributed by atoms with Crippen LogP contribution in [0, 0.1) is 0 Å². The predicted octanol–water partition coefficient (Wildman–Crippen LogP) is 3.10. The number of carbonyl (C=O) groups is 1. The first-order valence-electron chi connectivity index (χ1n) is 13.8. The third kappa shape index (κ3) is 4.05. The number of carbonyl (C=O) groups excluding carboxylic acids is 1. The number of pyridine rings is 1. The molecule has 2 saturated heterocycles. The largest absolute Gasteiger partial charge is 0.382 e. The molecule has 1 amide bonds. The molecular formula is C27H31N9O3S. The van der Waals surface area contributed by atoms with Crippen LogP contribution < -0.4 is 5.73 Å². The topological polar surface area (TPSA) is 165 Å². The number of fused-ring (bicyclic) bond motifs is 3. The number of aromatic amines is 1. The molecule has 13 heteroatoms. The number of hydrogen-bond acceptors (Lipinski definition) is 9. The van der Waals surface area contributed by atoms with E-state index in [9.17, 15) is 13.2 Å². The van der Waals surface area contributed by atoms with E-state index in [-0.39, 0.29) is 40.4 Å². The number of nitrogens with two attached hydrogens (primary N) is 1. The number of aromatic nitrogens is 7. The summed E-state index contributed by atoms with van der Waals surface area (Å²) in [5, 5.41) is 12.1. The van der Waals surface area contributed by atoms with Crippen molar-refractivity contribution in [3.05, 3.63) is 48.1 Å². The molecule has 1 aliphatic carbocycles. The Balaban J connectivity index is 1.27. The molecule has 208 valence electrons. The molecule has 0 aromatic carbocycles. The molecule has 7 rings (SSSR count). The summed E-state index contributed by atoms with van der Waals surface area (Å²) < 4.78 is 27.5. The van der Waals surface area contributed by atoms with Crippen molar-refractivity contribution in [3.63, 3.8) is 0 Å². The molecule has 4 aromatic rings. The Bertz CT molecular complexity index is 1680. The van der Waals surface area contributed by atoms with Gasteiger partial charge in [0.1, 0.15) is 17.0 Å². The van der Waals surface area contributed by atoms with E-state index in [1.165, 1.54) is 36.5 Å². The average molecular weight is 562 g/mol. The molecule has 4 aromatic heterocycles. The highest BCUT2D eigenvalue weighted by Crippen LogP contribution is 2.45. The van der Waals surface area contributed by atoms with Crippen molar-refractivity contribution in [2.45, 2.75) is 80.2 Å². The van der Waals surface area contributed by atoms with E-state index >= 15 is 0 Å². The van der Waals surface area contributed by atoms with Crippen LogP contribution in [0.1, 0.15) is 85.2 Å². The fourth-order valence-electron chi connectivity index (χ4n) is 7.07. The molecule has 3 aliphatic rings. The number of H-pyrrole nitrogens is 1. The number of rotatable bonds is 5. The molecule has 0 radical (unpaired) electrons. The fourth-order valence-corrected chi connectivity index (χ4v) is 8.13. The van der Waals surface area contributed by atoms with Crippen molar-refractivity contribution in [2.24, 2.45) is 0 Å². The van der Waals surface area contributed by atoms with Crippen LogP contribution in [0.4, 0.5) is 5.82 Å². The summed E-state index contributed by atoms with van der Waals surface area (Å²) >= 11 is 0. The Morgan fingerprint density at radius 2 is 1.80 bits per heavy atom. The third-order valence-corrected chi connectivity index (χ3v) is 10.0. The molecule has 3 fully saturated rings. The first kappa shape index (κ1) is 25.1. The van der Waals surface area contributed by atoms with Crippen LogP contribution in [-0.2, 0) is 9.84 Å². The highest BCUT2D eigenvalue weighted by molar-refractivity contribution is 7.91. The van der Waals surface area contributed by atoms with Crippen LogP contribution in [0.25, 0.3) is 16.8 Å². The minimum atomic E-state index is -3.72. The van der Waals surface area contributed by atoms with Crippen LogP contribution in [-0.4, -0.2) is 72.3 Å². The lowest BCUT2D eigenvalue weighted by molar-refractivity contribution is 0.0556. The molecule has 3 atom stereocenters. The molecule has 12 nitrogen and oxygen atoms in total. The number of piperidine rings is 1. The quantitative estimate of drug-likeness (QED) is 0.372. The van der Waals surface area contributed by atoms with Crippen molar-refractivity contribution >= 4 is 27.2 Å². The van der Waals surface area contributed by atoms with E-state index in [1.807, 2.05) is 17.2 Å². The van der Waals surface area contributed by atoms with Crippen LogP contribution >= 0.6 is 0 Å². The van der Waals surface area contributed by atoms with Crippen LogP contribution in [0.5, 0.6) is 0 Å².